The first-order valence-electron chi connectivity index (χ1n) is 2.78. The maximum Gasteiger partial charge on any atom is 0.188 e. The number of hydrogen-bond acceptors (Lipinski definition) is 1. The molecule has 6 heteroatoms. The molecule has 1 unspecified atom stereocenters. The second-order valence-corrected chi connectivity index (χ2v) is 4.55. The molecule has 0 amide bonds. The average Bonchev–Trinajstić information content (AvgIpc) is 1.96. The Morgan fingerprint density at radius 3 is 2.42 bits per heavy atom. The van der Waals surface area contributed by atoms with Crippen molar-refractivity contribution < 1.29 is 8.76 Å². The first kappa shape index (κ1) is 10.5. The van der Waals surface area contributed by atoms with Gasteiger partial charge in [0.2, 0.25) is 0 Å². The summed E-state index contributed by atoms with van der Waals surface area (Å²) in [5.41, 5.74) is 0. The normalized spacial score (nSPS) is 13.0. The predicted molar refractivity (Wildman–Crippen MR) is 53.2 cm³/mol. The minimum atomic E-state index is -2.08. The monoisotopic (exact) mass is 288 g/mol. The van der Waals surface area contributed by atoms with Gasteiger partial charge in [-0.2, -0.15) is 0 Å². The van der Waals surface area contributed by atoms with E-state index in [-0.39, 0.29) is 9.92 Å². The average molecular weight is 290 g/mol. The molecule has 1 atom stereocenters. The fourth-order valence-corrected chi connectivity index (χ4v) is 2.16. The SMILES string of the molecule is O=S(O)c1cc(Br)c(Cl)cc1Cl. The van der Waals surface area contributed by atoms with Crippen LogP contribution in [0.25, 0.3) is 0 Å². The van der Waals surface area contributed by atoms with Gasteiger partial charge in [0.15, 0.2) is 11.1 Å². The molecule has 0 radical (unpaired) electrons. The van der Waals surface area contributed by atoms with E-state index in [1.807, 2.05) is 0 Å². The van der Waals surface area contributed by atoms with Gasteiger partial charge in [-0.25, -0.2) is 4.21 Å². The van der Waals surface area contributed by atoms with Crippen molar-refractivity contribution in [1.29, 1.82) is 0 Å². The van der Waals surface area contributed by atoms with E-state index >= 15 is 0 Å². The standard InChI is InChI=1S/C6H3BrCl2O2S/c7-3-1-6(12(10)11)5(9)2-4(3)8/h1-2H,(H,10,11). The third-order valence-electron chi connectivity index (χ3n) is 1.16. The molecule has 1 rings (SSSR count). The third-order valence-corrected chi connectivity index (χ3v) is 3.50. The lowest BCUT2D eigenvalue weighted by Gasteiger charge is -2.01. The van der Waals surface area contributed by atoms with Gasteiger partial charge in [-0.1, -0.05) is 23.2 Å². The molecule has 0 bridgehead atoms. The van der Waals surface area contributed by atoms with Crippen LogP contribution in [0.4, 0.5) is 0 Å². The lowest BCUT2D eigenvalue weighted by molar-refractivity contribution is 0.564. The van der Waals surface area contributed by atoms with E-state index in [1.165, 1.54) is 12.1 Å². The van der Waals surface area contributed by atoms with Crippen LogP contribution >= 0.6 is 39.1 Å². The van der Waals surface area contributed by atoms with Crippen LogP contribution in [0, 0.1) is 0 Å². The van der Waals surface area contributed by atoms with Crippen LogP contribution in [0.1, 0.15) is 0 Å². The summed E-state index contributed by atoms with van der Waals surface area (Å²) in [7, 11) is 0. The molecule has 1 aromatic rings. The summed E-state index contributed by atoms with van der Waals surface area (Å²) in [5, 5.41) is 0.596. The quantitative estimate of drug-likeness (QED) is 0.636. The Kier molecular flexibility index (Phi) is 3.55. The highest BCUT2D eigenvalue weighted by atomic mass is 79.9. The molecular weight excluding hydrogens is 287 g/mol. The molecule has 12 heavy (non-hydrogen) atoms. The van der Waals surface area contributed by atoms with Gasteiger partial charge in [0.1, 0.15) is 0 Å². The van der Waals surface area contributed by atoms with Crippen LogP contribution < -0.4 is 0 Å². The summed E-state index contributed by atoms with van der Waals surface area (Å²) < 4.78 is 19.9. The zero-order valence-corrected chi connectivity index (χ0v) is 9.47. The Balaban J connectivity index is 3.33. The molecule has 66 valence electrons. The molecule has 0 aliphatic heterocycles. The van der Waals surface area contributed by atoms with Gasteiger partial charge in [0.05, 0.1) is 14.9 Å². The summed E-state index contributed by atoms with van der Waals surface area (Å²) in [6.45, 7) is 0. The van der Waals surface area contributed by atoms with Gasteiger partial charge in [0.25, 0.3) is 0 Å². The van der Waals surface area contributed by atoms with Gasteiger partial charge in [-0.15, -0.1) is 0 Å². The van der Waals surface area contributed by atoms with Gasteiger partial charge in [-0.05, 0) is 28.1 Å². The van der Waals surface area contributed by atoms with Crippen LogP contribution in [-0.2, 0) is 11.1 Å². The highest BCUT2D eigenvalue weighted by molar-refractivity contribution is 9.10. The summed E-state index contributed by atoms with van der Waals surface area (Å²) >= 11 is 12.3. The predicted octanol–water partition coefficient (Wildman–Crippen LogP) is 3.34. The summed E-state index contributed by atoms with van der Waals surface area (Å²) in [6, 6.07) is 2.83. The molecule has 0 spiro atoms. The minimum Gasteiger partial charge on any atom is -0.302 e. The minimum absolute atomic E-state index is 0.146. The zero-order chi connectivity index (χ0) is 9.30. The number of halogens is 3. The second kappa shape index (κ2) is 4.07. The molecule has 0 fully saturated rings. The topological polar surface area (TPSA) is 37.3 Å². The Morgan fingerprint density at radius 2 is 1.92 bits per heavy atom. The van der Waals surface area contributed by atoms with Crippen LogP contribution in [0.5, 0.6) is 0 Å². The van der Waals surface area contributed by atoms with Crippen LogP contribution in [0.15, 0.2) is 21.5 Å². The molecular formula is C6H3BrCl2O2S. The first-order chi connectivity index (χ1) is 5.52. The highest BCUT2D eigenvalue weighted by Gasteiger charge is 2.09. The molecule has 0 saturated heterocycles. The number of rotatable bonds is 1. The van der Waals surface area contributed by atoms with E-state index < -0.39 is 11.1 Å². The lowest BCUT2D eigenvalue weighted by Crippen LogP contribution is -1.89. The van der Waals surface area contributed by atoms with Crippen LogP contribution in [0.2, 0.25) is 10.0 Å². The maximum atomic E-state index is 10.6. The van der Waals surface area contributed by atoms with Crippen molar-refractivity contribution in [1.82, 2.24) is 0 Å². The van der Waals surface area contributed by atoms with E-state index in [2.05, 4.69) is 15.9 Å². The van der Waals surface area contributed by atoms with E-state index in [4.69, 9.17) is 27.8 Å². The molecule has 2 nitrogen and oxygen atoms in total. The molecule has 0 aliphatic carbocycles. The van der Waals surface area contributed by atoms with E-state index in [9.17, 15) is 4.21 Å². The summed E-state index contributed by atoms with van der Waals surface area (Å²) in [5.74, 6) is 0. The molecule has 0 aliphatic rings. The number of hydrogen-bond donors (Lipinski definition) is 1. The Hall–Kier alpha value is 0.390. The molecule has 1 aromatic carbocycles. The van der Waals surface area contributed by atoms with Crippen molar-refractivity contribution in [2.24, 2.45) is 0 Å². The summed E-state index contributed by atoms with van der Waals surface area (Å²) in [6.07, 6.45) is 0. The van der Waals surface area contributed by atoms with Crippen molar-refractivity contribution in [3.8, 4) is 0 Å². The van der Waals surface area contributed by atoms with Gasteiger partial charge < -0.3 is 4.55 Å². The van der Waals surface area contributed by atoms with Gasteiger partial charge in [0, 0.05) is 4.47 Å². The molecule has 1 N–H and O–H groups in total. The largest absolute Gasteiger partial charge is 0.302 e. The number of benzene rings is 1. The zero-order valence-electron chi connectivity index (χ0n) is 5.55. The van der Waals surface area contributed by atoms with Crippen molar-refractivity contribution in [2.45, 2.75) is 4.90 Å². The van der Waals surface area contributed by atoms with Crippen molar-refractivity contribution in [3.05, 3.63) is 26.7 Å². The van der Waals surface area contributed by atoms with Crippen molar-refractivity contribution >= 4 is 50.2 Å². The van der Waals surface area contributed by atoms with Crippen molar-refractivity contribution in [3.63, 3.8) is 0 Å². The fourth-order valence-electron chi connectivity index (χ4n) is 0.638. The van der Waals surface area contributed by atoms with E-state index in [1.54, 1.807) is 0 Å². The molecule has 0 aromatic heterocycles. The van der Waals surface area contributed by atoms with E-state index in [0.29, 0.717) is 9.50 Å². The van der Waals surface area contributed by atoms with Gasteiger partial charge >= 0.3 is 0 Å². The van der Waals surface area contributed by atoms with Crippen LogP contribution in [-0.4, -0.2) is 8.76 Å². The highest BCUT2D eigenvalue weighted by Crippen LogP contribution is 2.30. The lowest BCUT2D eigenvalue weighted by atomic mass is 10.4. The molecule has 0 heterocycles. The van der Waals surface area contributed by atoms with Crippen molar-refractivity contribution in [2.75, 3.05) is 0 Å². The second-order valence-electron chi connectivity index (χ2n) is 1.95. The smallest absolute Gasteiger partial charge is 0.188 e. The van der Waals surface area contributed by atoms with Crippen LogP contribution in [0.3, 0.4) is 0 Å². The summed E-state index contributed by atoms with van der Waals surface area (Å²) in [4.78, 5) is 0.146. The Labute approximate surface area is 90.3 Å². The Bertz CT molecular complexity index is 343. The fraction of sp³-hybridized carbons (Fsp3) is 0. The maximum absolute atomic E-state index is 10.6. The molecule has 0 saturated carbocycles. The Morgan fingerprint density at radius 1 is 1.33 bits per heavy atom. The third kappa shape index (κ3) is 2.20. The van der Waals surface area contributed by atoms with E-state index in [0.717, 1.165) is 0 Å². The van der Waals surface area contributed by atoms with Gasteiger partial charge in [-0.3, -0.25) is 0 Å². The first-order valence-corrected chi connectivity index (χ1v) is 5.43.